The molecule has 1 N–H and O–H groups in total. The third-order valence-electron chi connectivity index (χ3n) is 6.89. The van der Waals surface area contributed by atoms with E-state index in [-0.39, 0.29) is 29.6 Å². The van der Waals surface area contributed by atoms with Crippen LogP contribution in [-0.4, -0.2) is 51.9 Å². The van der Waals surface area contributed by atoms with E-state index in [2.05, 4.69) is 5.32 Å². The third-order valence-corrected chi connectivity index (χ3v) is 6.89. The SMILES string of the molecule is CC(C)c1cccc(C(C)C)c1NC(=O)CN1C(=O)N(C(F)(F)C(C)F)C2(CCCCC2)C1=O. The van der Waals surface area contributed by atoms with E-state index in [1.54, 1.807) is 0 Å². The standard InChI is InChI=1S/C25H34F3N3O3/c1-15(2)18-10-9-11-19(16(3)4)21(18)29-20(32)14-30-22(33)24(12-7-6-8-13-24)31(23(30)34)25(27,28)17(5)26/h9-11,15-17H,6-8,12-14H2,1-5H3,(H,29,32). The molecule has 1 atom stereocenters. The largest absolute Gasteiger partial charge is 0.360 e. The monoisotopic (exact) mass is 481 g/mol. The molecule has 1 aliphatic heterocycles. The van der Waals surface area contributed by atoms with E-state index < -0.39 is 42.1 Å². The number of carbonyl (C=O) groups excluding carboxylic acids is 3. The van der Waals surface area contributed by atoms with Gasteiger partial charge in [-0.25, -0.2) is 14.1 Å². The van der Waals surface area contributed by atoms with E-state index in [1.807, 2.05) is 45.9 Å². The Hall–Kier alpha value is -2.58. The number of benzene rings is 1. The highest BCUT2D eigenvalue weighted by Gasteiger charge is 2.66. The lowest BCUT2D eigenvalue weighted by Gasteiger charge is -2.42. The molecule has 2 aliphatic rings. The molecule has 0 bridgehead atoms. The molecular weight excluding hydrogens is 447 g/mol. The van der Waals surface area contributed by atoms with E-state index >= 15 is 0 Å². The van der Waals surface area contributed by atoms with E-state index in [4.69, 9.17) is 0 Å². The Kier molecular flexibility index (Phi) is 7.34. The summed E-state index contributed by atoms with van der Waals surface area (Å²) < 4.78 is 43.7. The molecule has 3 rings (SSSR count). The highest BCUT2D eigenvalue weighted by Crippen LogP contribution is 2.46. The molecule has 34 heavy (non-hydrogen) atoms. The molecule has 6 nitrogen and oxygen atoms in total. The molecule has 4 amide bonds. The van der Waals surface area contributed by atoms with Gasteiger partial charge in [0.1, 0.15) is 12.1 Å². The van der Waals surface area contributed by atoms with Crippen molar-refractivity contribution in [1.29, 1.82) is 0 Å². The Labute approximate surface area is 198 Å². The molecule has 2 fully saturated rings. The van der Waals surface area contributed by atoms with E-state index in [1.165, 1.54) is 0 Å². The lowest BCUT2D eigenvalue weighted by Crippen LogP contribution is -2.60. The number of rotatable bonds is 7. The molecule has 1 spiro atoms. The summed E-state index contributed by atoms with van der Waals surface area (Å²) in [5.41, 5.74) is 0.561. The van der Waals surface area contributed by atoms with Gasteiger partial charge < -0.3 is 5.32 Å². The van der Waals surface area contributed by atoms with Crippen LogP contribution in [0, 0.1) is 0 Å². The van der Waals surface area contributed by atoms with Crippen LogP contribution in [-0.2, 0) is 9.59 Å². The van der Waals surface area contributed by atoms with Gasteiger partial charge in [-0.3, -0.25) is 14.5 Å². The summed E-state index contributed by atoms with van der Waals surface area (Å²) >= 11 is 0. The number of alkyl halides is 3. The van der Waals surface area contributed by atoms with Crippen LogP contribution in [0.4, 0.5) is 23.7 Å². The number of carbonyl (C=O) groups is 3. The van der Waals surface area contributed by atoms with Crippen LogP contribution in [0.3, 0.4) is 0 Å². The normalized spacial score (nSPS) is 19.5. The van der Waals surface area contributed by atoms with Crippen molar-refractivity contribution in [2.24, 2.45) is 0 Å². The molecule has 188 valence electrons. The number of nitrogens with zero attached hydrogens (tertiary/aromatic N) is 2. The Morgan fingerprint density at radius 3 is 2.03 bits per heavy atom. The van der Waals surface area contributed by atoms with Gasteiger partial charge in [-0.15, -0.1) is 0 Å². The first-order valence-electron chi connectivity index (χ1n) is 12.0. The molecule has 1 heterocycles. The fraction of sp³-hybridized carbons (Fsp3) is 0.640. The van der Waals surface area contributed by atoms with Crippen molar-refractivity contribution in [3.05, 3.63) is 29.3 Å². The minimum atomic E-state index is -4.16. The van der Waals surface area contributed by atoms with Gasteiger partial charge in [0.05, 0.1) is 0 Å². The van der Waals surface area contributed by atoms with Crippen molar-refractivity contribution in [2.45, 2.75) is 96.3 Å². The van der Waals surface area contributed by atoms with Crippen molar-refractivity contribution in [2.75, 3.05) is 11.9 Å². The minimum Gasteiger partial charge on any atom is -0.324 e. The maximum atomic E-state index is 14.9. The first-order valence-corrected chi connectivity index (χ1v) is 12.0. The van der Waals surface area contributed by atoms with Crippen molar-refractivity contribution in [3.8, 4) is 0 Å². The fourth-order valence-corrected chi connectivity index (χ4v) is 5.06. The van der Waals surface area contributed by atoms with Crippen LogP contribution >= 0.6 is 0 Å². The van der Waals surface area contributed by atoms with Crippen molar-refractivity contribution in [1.82, 2.24) is 9.80 Å². The molecule has 0 radical (unpaired) electrons. The molecule has 1 aromatic carbocycles. The molecule has 1 saturated carbocycles. The summed E-state index contributed by atoms with van der Waals surface area (Å²) in [4.78, 5) is 40.1. The smallest absolute Gasteiger partial charge is 0.324 e. The van der Waals surface area contributed by atoms with Crippen LogP contribution < -0.4 is 5.32 Å². The number of imide groups is 1. The molecule has 0 aromatic heterocycles. The van der Waals surface area contributed by atoms with E-state index in [0.29, 0.717) is 30.4 Å². The number of hydrogen-bond acceptors (Lipinski definition) is 3. The average Bonchev–Trinajstić information content (AvgIpc) is 2.95. The van der Waals surface area contributed by atoms with Crippen LogP contribution in [0.25, 0.3) is 0 Å². The van der Waals surface area contributed by atoms with Gasteiger partial charge in [-0.2, -0.15) is 8.78 Å². The number of anilines is 1. The number of nitrogens with one attached hydrogen (secondary N) is 1. The molecular formula is C25H34F3N3O3. The first kappa shape index (κ1) is 26.0. The quantitative estimate of drug-likeness (QED) is 0.396. The minimum absolute atomic E-state index is 0.0195. The predicted octanol–water partition coefficient (Wildman–Crippen LogP) is 5.79. The van der Waals surface area contributed by atoms with Gasteiger partial charge in [-0.05, 0) is 42.7 Å². The van der Waals surface area contributed by atoms with E-state index in [0.717, 1.165) is 17.5 Å². The maximum absolute atomic E-state index is 14.9. The van der Waals surface area contributed by atoms with Crippen LogP contribution in [0.1, 0.15) is 89.7 Å². The second kappa shape index (κ2) is 9.58. The molecule has 1 aliphatic carbocycles. The Morgan fingerprint density at radius 1 is 1.03 bits per heavy atom. The van der Waals surface area contributed by atoms with Crippen molar-refractivity contribution in [3.63, 3.8) is 0 Å². The summed E-state index contributed by atoms with van der Waals surface area (Å²) in [6.45, 7) is 7.87. The summed E-state index contributed by atoms with van der Waals surface area (Å²) in [6, 6.07) is 0.196. The summed E-state index contributed by atoms with van der Waals surface area (Å²) in [5, 5.41) is 2.81. The lowest BCUT2D eigenvalue weighted by atomic mass is 9.80. The number of halogens is 3. The number of hydrogen-bond donors (Lipinski definition) is 1. The van der Waals surface area contributed by atoms with Gasteiger partial charge in [-0.1, -0.05) is 65.2 Å². The van der Waals surface area contributed by atoms with E-state index in [9.17, 15) is 27.6 Å². The van der Waals surface area contributed by atoms with Crippen molar-refractivity contribution < 1.29 is 27.6 Å². The Balaban J connectivity index is 1.93. The summed E-state index contributed by atoms with van der Waals surface area (Å²) in [7, 11) is 0. The van der Waals surface area contributed by atoms with Crippen LogP contribution in [0.5, 0.6) is 0 Å². The van der Waals surface area contributed by atoms with Gasteiger partial charge in [0.25, 0.3) is 5.91 Å². The Bertz CT molecular complexity index is 930. The fourth-order valence-electron chi connectivity index (χ4n) is 5.06. The second-order valence-electron chi connectivity index (χ2n) is 9.97. The Morgan fingerprint density at radius 2 is 1.56 bits per heavy atom. The van der Waals surface area contributed by atoms with Gasteiger partial charge >= 0.3 is 12.1 Å². The second-order valence-corrected chi connectivity index (χ2v) is 9.97. The van der Waals surface area contributed by atoms with Crippen LogP contribution in [0.15, 0.2) is 18.2 Å². The number of urea groups is 1. The zero-order valence-corrected chi connectivity index (χ0v) is 20.5. The van der Waals surface area contributed by atoms with Gasteiger partial charge in [0, 0.05) is 5.69 Å². The maximum Gasteiger partial charge on any atom is 0.360 e. The number of para-hydroxylation sites is 1. The predicted molar refractivity (Wildman–Crippen MR) is 124 cm³/mol. The zero-order chi connectivity index (χ0) is 25.4. The highest BCUT2D eigenvalue weighted by atomic mass is 19.3. The number of amides is 4. The van der Waals surface area contributed by atoms with Gasteiger partial charge in [0.2, 0.25) is 5.91 Å². The third kappa shape index (κ3) is 4.41. The highest BCUT2D eigenvalue weighted by molar-refractivity contribution is 6.10. The summed E-state index contributed by atoms with van der Waals surface area (Å²) in [5.74, 6) is -1.33. The molecule has 9 heteroatoms. The lowest BCUT2D eigenvalue weighted by molar-refractivity contribution is -0.196. The first-order chi connectivity index (χ1) is 15.8. The zero-order valence-electron chi connectivity index (χ0n) is 20.5. The average molecular weight is 482 g/mol. The topological polar surface area (TPSA) is 69.7 Å². The molecule has 1 saturated heterocycles. The summed E-state index contributed by atoms with van der Waals surface area (Å²) in [6.07, 6.45) is -0.962. The molecule has 1 aromatic rings. The van der Waals surface area contributed by atoms with Gasteiger partial charge in [0.15, 0.2) is 6.17 Å². The van der Waals surface area contributed by atoms with Crippen molar-refractivity contribution >= 4 is 23.5 Å². The molecule has 1 unspecified atom stereocenters. The van der Waals surface area contributed by atoms with Crippen LogP contribution in [0.2, 0.25) is 0 Å².